The van der Waals surface area contributed by atoms with Crippen LogP contribution in [0, 0.1) is 0 Å². The number of nitrogens with one attached hydrogen (secondary N) is 2. The average Bonchev–Trinajstić information content (AvgIpc) is 2.66. The van der Waals surface area contributed by atoms with E-state index in [1.54, 1.807) is 19.5 Å². The highest BCUT2D eigenvalue weighted by Crippen LogP contribution is 2.18. The number of hydrogen-bond acceptors (Lipinski definition) is 6. The van der Waals surface area contributed by atoms with Crippen molar-refractivity contribution < 1.29 is 4.74 Å². The van der Waals surface area contributed by atoms with Gasteiger partial charge in [-0.05, 0) is 24.3 Å². The molecule has 2 N–H and O–H groups in total. The van der Waals surface area contributed by atoms with Crippen LogP contribution in [-0.4, -0.2) is 22.1 Å². The standard InChI is InChI=1S/C18H19N5O/c1-24-16-8-3-2-6-14(16)12-22-18-20-11-9-17(23-18)21-13-15-7-4-5-10-19-15/h2-11H,12-13H2,1H3,(H2,20,21,22,23). The Bertz CT molecular complexity index is 779. The topological polar surface area (TPSA) is 72.0 Å². The van der Waals surface area contributed by atoms with Crippen LogP contribution < -0.4 is 15.4 Å². The van der Waals surface area contributed by atoms with E-state index in [2.05, 4.69) is 25.6 Å². The molecule has 3 aromatic rings. The number of para-hydroxylation sites is 1. The molecule has 0 atom stereocenters. The molecule has 0 aliphatic heterocycles. The Morgan fingerprint density at radius 1 is 0.875 bits per heavy atom. The minimum absolute atomic E-state index is 0.562. The van der Waals surface area contributed by atoms with Crippen molar-refractivity contribution in [1.29, 1.82) is 0 Å². The number of hydrogen-bond donors (Lipinski definition) is 2. The molecule has 0 aliphatic rings. The van der Waals surface area contributed by atoms with Gasteiger partial charge in [-0.15, -0.1) is 0 Å². The lowest BCUT2D eigenvalue weighted by molar-refractivity contribution is 0.410. The van der Waals surface area contributed by atoms with Gasteiger partial charge in [0, 0.05) is 24.5 Å². The van der Waals surface area contributed by atoms with Gasteiger partial charge in [-0.3, -0.25) is 4.98 Å². The van der Waals surface area contributed by atoms with E-state index in [4.69, 9.17) is 4.74 Å². The minimum atomic E-state index is 0.562. The van der Waals surface area contributed by atoms with Crippen LogP contribution in [0.25, 0.3) is 0 Å². The van der Waals surface area contributed by atoms with Crippen molar-refractivity contribution in [3.05, 3.63) is 72.2 Å². The summed E-state index contributed by atoms with van der Waals surface area (Å²) in [5.74, 6) is 2.15. The van der Waals surface area contributed by atoms with Gasteiger partial charge in [0.1, 0.15) is 11.6 Å². The van der Waals surface area contributed by atoms with Crippen LogP contribution in [0.5, 0.6) is 5.75 Å². The number of benzene rings is 1. The summed E-state index contributed by atoms with van der Waals surface area (Å²) >= 11 is 0. The molecule has 0 saturated heterocycles. The largest absolute Gasteiger partial charge is 0.496 e. The molecule has 3 rings (SSSR count). The maximum atomic E-state index is 5.34. The van der Waals surface area contributed by atoms with Crippen molar-refractivity contribution in [3.63, 3.8) is 0 Å². The van der Waals surface area contributed by atoms with Crippen LogP contribution in [0.3, 0.4) is 0 Å². The van der Waals surface area contributed by atoms with Gasteiger partial charge in [-0.25, -0.2) is 4.98 Å². The van der Waals surface area contributed by atoms with Crippen molar-refractivity contribution in [1.82, 2.24) is 15.0 Å². The molecule has 0 spiro atoms. The third kappa shape index (κ3) is 4.19. The van der Waals surface area contributed by atoms with E-state index in [9.17, 15) is 0 Å². The summed E-state index contributed by atoms with van der Waals surface area (Å²) in [6.45, 7) is 1.21. The van der Waals surface area contributed by atoms with Crippen LogP contribution in [-0.2, 0) is 13.1 Å². The summed E-state index contributed by atoms with van der Waals surface area (Å²) in [6, 6.07) is 15.5. The predicted molar refractivity (Wildman–Crippen MR) is 93.9 cm³/mol. The molecule has 0 saturated carbocycles. The summed E-state index contributed by atoms with van der Waals surface area (Å²) < 4.78 is 5.34. The molecular weight excluding hydrogens is 302 g/mol. The normalized spacial score (nSPS) is 10.2. The van der Waals surface area contributed by atoms with E-state index < -0.39 is 0 Å². The van der Waals surface area contributed by atoms with Gasteiger partial charge in [0.25, 0.3) is 0 Å². The zero-order valence-electron chi connectivity index (χ0n) is 13.4. The minimum Gasteiger partial charge on any atom is -0.496 e. The molecule has 1 aromatic carbocycles. The molecule has 24 heavy (non-hydrogen) atoms. The molecule has 2 heterocycles. The second-order valence-electron chi connectivity index (χ2n) is 5.11. The first-order valence-electron chi connectivity index (χ1n) is 7.68. The van der Waals surface area contributed by atoms with E-state index in [0.29, 0.717) is 19.0 Å². The fourth-order valence-electron chi connectivity index (χ4n) is 2.25. The number of ether oxygens (including phenoxy) is 1. The Kier molecular flexibility index (Phi) is 5.19. The summed E-state index contributed by atoms with van der Waals surface area (Å²) in [5.41, 5.74) is 2.01. The molecule has 6 nitrogen and oxygen atoms in total. The predicted octanol–water partition coefficient (Wildman–Crippen LogP) is 3.10. The maximum absolute atomic E-state index is 5.34. The zero-order valence-corrected chi connectivity index (χ0v) is 13.4. The molecule has 0 aliphatic carbocycles. The smallest absolute Gasteiger partial charge is 0.224 e. The summed E-state index contributed by atoms with van der Waals surface area (Å²) in [7, 11) is 1.66. The SMILES string of the molecule is COc1ccccc1CNc1nccc(NCc2ccccn2)n1. The van der Waals surface area contributed by atoms with Gasteiger partial charge in [-0.1, -0.05) is 24.3 Å². The second-order valence-corrected chi connectivity index (χ2v) is 5.11. The fraction of sp³-hybridized carbons (Fsp3) is 0.167. The maximum Gasteiger partial charge on any atom is 0.224 e. The van der Waals surface area contributed by atoms with Gasteiger partial charge in [0.15, 0.2) is 0 Å². The van der Waals surface area contributed by atoms with Crippen molar-refractivity contribution in [2.75, 3.05) is 17.7 Å². The third-order valence-electron chi connectivity index (χ3n) is 3.46. The molecule has 122 valence electrons. The van der Waals surface area contributed by atoms with Gasteiger partial charge >= 0.3 is 0 Å². The monoisotopic (exact) mass is 321 g/mol. The van der Waals surface area contributed by atoms with E-state index in [1.165, 1.54) is 0 Å². The van der Waals surface area contributed by atoms with Gasteiger partial charge in [-0.2, -0.15) is 4.98 Å². The molecular formula is C18H19N5O. The summed E-state index contributed by atoms with van der Waals surface area (Å²) in [5, 5.41) is 6.46. The lowest BCUT2D eigenvalue weighted by Gasteiger charge is -2.10. The van der Waals surface area contributed by atoms with E-state index in [0.717, 1.165) is 22.8 Å². The Balaban J connectivity index is 1.61. The second kappa shape index (κ2) is 7.92. The van der Waals surface area contributed by atoms with Gasteiger partial charge < -0.3 is 15.4 Å². The first-order valence-corrected chi connectivity index (χ1v) is 7.68. The summed E-state index contributed by atoms with van der Waals surface area (Å²) in [6.07, 6.45) is 3.50. The Labute approximate surface area is 141 Å². The van der Waals surface area contributed by atoms with Crippen LogP contribution in [0.4, 0.5) is 11.8 Å². The number of rotatable bonds is 7. The van der Waals surface area contributed by atoms with Crippen molar-refractivity contribution >= 4 is 11.8 Å². The third-order valence-corrected chi connectivity index (χ3v) is 3.46. The average molecular weight is 321 g/mol. The zero-order chi connectivity index (χ0) is 16.6. The van der Waals surface area contributed by atoms with E-state index >= 15 is 0 Å². The molecule has 0 radical (unpaired) electrons. The highest BCUT2D eigenvalue weighted by molar-refractivity contribution is 5.41. The lowest BCUT2D eigenvalue weighted by atomic mass is 10.2. The van der Waals surface area contributed by atoms with Crippen LogP contribution >= 0.6 is 0 Å². The van der Waals surface area contributed by atoms with Gasteiger partial charge in [0.2, 0.25) is 5.95 Å². The Morgan fingerprint density at radius 2 is 1.75 bits per heavy atom. The highest BCUT2D eigenvalue weighted by atomic mass is 16.5. The van der Waals surface area contributed by atoms with E-state index in [-0.39, 0.29) is 0 Å². The molecule has 0 unspecified atom stereocenters. The van der Waals surface area contributed by atoms with Gasteiger partial charge in [0.05, 0.1) is 19.3 Å². The molecule has 0 bridgehead atoms. The molecule has 6 heteroatoms. The first kappa shape index (κ1) is 15.7. The number of pyridine rings is 1. The lowest BCUT2D eigenvalue weighted by Crippen LogP contribution is -2.07. The van der Waals surface area contributed by atoms with E-state index in [1.807, 2.05) is 48.5 Å². The first-order chi connectivity index (χ1) is 11.8. The number of methoxy groups -OCH3 is 1. The fourth-order valence-corrected chi connectivity index (χ4v) is 2.25. The van der Waals surface area contributed by atoms with Crippen molar-refractivity contribution in [2.24, 2.45) is 0 Å². The molecule has 0 amide bonds. The number of anilines is 2. The molecule has 2 aromatic heterocycles. The number of aromatic nitrogens is 3. The van der Waals surface area contributed by atoms with Crippen molar-refractivity contribution in [3.8, 4) is 5.75 Å². The van der Waals surface area contributed by atoms with Crippen LogP contribution in [0.1, 0.15) is 11.3 Å². The quantitative estimate of drug-likeness (QED) is 0.697. The highest BCUT2D eigenvalue weighted by Gasteiger charge is 2.03. The summed E-state index contributed by atoms with van der Waals surface area (Å²) in [4.78, 5) is 13.0. The van der Waals surface area contributed by atoms with Crippen molar-refractivity contribution in [2.45, 2.75) is 13.1 Å². The Morgan fingerprint density at radius 3 is 2.58 bits per heavy atom. The molecule has 0 fully saturated rings. The Hall–Kier alpha value is -3.15. The number of nitrogens with zero attached hydrogens (tertiary/aromatic N) is 3. The van der Waals surface area contributed by atoms with Crippen LogP contribution in [0.2, 0.25) is 0 Å². The van der Waals surface area contributed by atoms with Crippen LogP contribution in [0.15, 0.2) is 60.9 Å².